The molecule has 1 aliphatic rings. The van der Waals surface area contributed by atoms with Gasteiger partial charge in [0.25, 0.3) is 0 Å². The number of imide groups is 1. The van der Waals surface area contributed by atoms with Crippen molar-refractivity contribution in [2.45, 2.75) is 11.5 Å². The highest BCUT2D eigenvalue weighted by Crippen LogP contribution is 2.07. The Morgan fingerprint density at radius 3 is 2.50 bits per heavy atom. The van der Waals surface area contributed by atoms with E-state index in [0.717, 1.165) is 0 Å². The van der Waals surface area contributed by atoms with Crippen LogP contribution in [0, 0.1) is 10.1 Å². The largest absolute Gasteiger partial charge is 0.323 e. The summed E-state index contributed by atoms with van der Waals surface area (Å²) in [6.45, 7) is 0. The minimum Gasteiger partial charge on any atom is -0.315 e. The van der Waals surface area contributed by atoms with Crippen molar-refractivity contribution in [3.63, 3.8) is 0 Å². The van der Waals surface area contributed by atoms with Crippen molar-refractivity contribution in [1.29, 1.82) is 0 Å². The maximum Gasteiger partial charge on any atom is 0.323 e. The van der Waals surface area contributed by atoms with Crippen molar-refractivity contribution in [1.82, 2.24) is 10.6 Å². The second-order valence-electron chi connectivity index (χ2n) is 2.09. The highest BCUT2D eigenvalue weighted by Gasteiger charge is 2.43. The average Bonchev–Trinajstić information content (AvgIpc) is 1.82. The van der Waals surface area contributed by atoms with Gasteiger partial charge >= 0.3 is 18.0 Å². The van der Waals surface area contributed by atoms with E-state index >= 15 is 0 Å². The normalized spacial score (nSPS) is 29.1. The van der Waals surface area contributed by atoms with E-state index in [4.69, 9.17) is 11.6 Å². The van der Waals surface area contributed by atoms with Crippen molar-refractivity contribution in [3.05, 3.63) is 10.1 Å². The molecule has 1 aliphatic heterocycles. The van der Waals surface area contributed by atoms with Gasteiger partial charge in [0, 0.05) is 4.92 Å². The molecule has 0 aliphatic carbocycles. The summed E-state index contributed by atoms with van der Waals surface area (Å²) in [6.07, 6.45) is 0. The summed E-state index contributed by atoms with van der Waals surface area (Å²) in [5.74, 6) is -0.997. The Morgan fingerprint density at radius 2 is 2.08 bits per heavy atom. The summed E-state index contributed by atoms with van der Waals surface area (Å²) in [4.78, 5) is 30.6. The average molecular weight is 194 g/mol. The Kier molecular flexibility index (Phi) is 2.13. The standard InChI is InChI=1S/C4H4ClN3O4/c5-2-1(8(11)12)3(9)7-4(10)6-2/h1-2H,(H2,6,7,9,10). The number of nitrogens with zero attached hydrogens (tertiary/aromatic N) is 1. The fraction of sp³-hybridized carbons (Fsp3) is 0.500. The number of nitrogens with one attached hydrogen (secondary N) is 2. The Hall–Kier alpha value is -1.37. The van der Waals surface area contributed by atoms with Crippen molar-refractivity contribution in [2.75, 3.05) is 0 Å². The summed E-state index contributed by atoms with van der Waals surface area (Å²) >= 11 is 5.33. The minimum atomic E-state index is -1.62. The molecule has 3 amide bonds. The van der Waals surface area contributed by atoms with Crippen molar-refractivity contribution < 1.29 is 14.5 Å². The lowest BCUT2D eigenvalue weighted by atomic mass is 10.2. The summed E-state index contributed by atoms with van der Waals surface area (Å²) in [7, 11) is 0. The van der Waals surface area contributed by atoms with Gasteiger partial charge in [-0.05, 0) is 0 Å². The van der Waals surface area contributed by atoms with Crippen LogP contribution in [-0.4, -0.2) is 28.4 Å². The van der Waals surface area contributed by atoms with Gasteiger partial charge in [0.05, 0.1) is 0 Å². The monoisotopic (exact) mass is 193 g/mol. The maximum atomic E-state index is 10.8. The maximum absolute atomic E-state index is 10.8. The van der Waals surface area contributed by atoms with E-state index in [1.54, 1.807) is 5.32 Å². The molecule has 2 unspecified atom stereocenters. The zero-order valence-corrected chi connectivity index (χ0v) is 6.37. The Morgan fingerprint density at radius 1 is 1.50 bits per heavy atom. The molecule has 0 spiro atoms. The van der Waals surface area contributed by atoms with Crippen LogP contribution in [0.2, 0.25) is 0 Å². The Balaban J connectivity index is 2.80. The SMILES string of the molecule is O=C1NC(=O)C([N+](=O)[O-])C(Cl)N1. The number of nitro groups is 1. The van der Waals surface area contributed by atoms with Crippen LogP contribution in [0.4, 0.5) is 4.79 Å². The van der Waals surface area contributed by atoms with E-state index in [1.807, 2.05) is 5.32 Å². The van der Waals surface area contributed by atoms with E-state index < -0.39 is 28.4 Å². The predicted octanol–water partition coefficient (Wildman–Crippen LogP) is -0.964. The van der Waals surface area contributed by atoms with Crippen LogP contribution in [0.3, 0.4) is 0 Å². The third kappa shape index (κ3) is 1.45. The number of hydrogen-bond donors (Lipinski definition) is 2. The van der Waals surface area contributed by atoms with Gasteiger partial charge in [-0.3, -0.25) is 20.2 Å². The summed E-state index contributed by atoms with van der Waals surface area (Å²) in [6, 6.07) is -2.44. The molecule has 0 saturated carbocycles. The van der Waals surface area contributed by atoms with Crippen LogP contribution in [0.1, 0.15) is 0 Å². The summed E-state index contributed by atoms with van der Waals surface area (Å²) in [5, 5.41) is 13.9. The minimum absolute atomic E-state index is 0.821. The van der Waals surface area contributed by atoms with Gasteiger partial charge in [-0.1, -0.05) is 11.6 Å². The molecule has 1 rings (SSSR count). The first-order valence-corrected chi connectivity index (χ1v) is 3.35. The van der Waals surface area contributed by atoms with Gasteiger partial charge in [0.1, 0.15) is 0 Å². The van der Waals surface area contributed by atoms with Gasteiger partial charge in [0.2, 0.25) is 0 Å². The molecule has 0 bridgehead atoms. The Labute approximate surface area is 71.2 Å². The molecule has 2 atom stereocenters. The Bertz CT molecular complexity index is 255. The summed E-state index contributed by atoms with van der Waals surface area (Å²) < 4.78 is 0. The first-order valence-electron chi connectivity index (χ1n) is 2.91. The lowest BCUT2D eigenvalue weighted by molar-refractivity contribution is -0.508. The number of carbonyl (C=O) groups excluding carboxylic acids is 2. The zero-order chi connectivity index (χ0) is 9.30. The number of rotatable bonds is 1. The van der Waals surface area contributed by atoms with Gasteiger partial charge < -0.3 is 5.32 Å². The first kappa shape index (κ1) is 8.72. The fourth-order valence-corrected chi connectivity index (χ4v) is 1.07. The van der Waals surface area contributed by atoms with Crippen LogP contribution in [-0.2, 0) is 4.79 Å². The number of carbonyl (C=O) groups is 2. The van der Waals surface area contributed by atoms with Crippen LogP contribution < -0.4 is 10.6 Å². The second kappa shape index (κ2) is 2.94. The van der Waals surface area contributed by atoms with Crippen LogP contribution in [0.25, 0.3) is 0 Å². The molecule has 0 aromatic carbocycles. The summed E-state index contributed by atoms with van der Waals surface area (Å²) in [5.41, 5.74) is -1.29. The van der Waals surface area contributed by atoms with E-state index in [0.29, 0.717) is 0 Å². The molecule has 8 heteroatoms. The van der Waals surface area contributed by atoms with Gasteiger partial charge in [0.15, 0.2) is 5.50 Å². The van der Waals surface area contributed by atoms with E-state index in [1.165, 1.54) is 0 Å². The smallest absolute Gasteiger partial charge is 0.315 e. The lowest BCUT2D eigenvalue weighted by Gasteiger charge is -2.20. The quantitative estimate of drug-likeness (QED) is 0.242. The molecule has 66 valence electrons. The number of alkyl halides is 1. The number of hydrogen-bond acceptors (Lipinski definition) is 4. The first-order chi connectivity index (χ1) is 5.52. The predicted molar refractivity (Wildman–Crippen MR) is 37.1 cm³/mol. The molecule has 1 heterocycles. The van der Waals surface area contributed by atoms with Crippen molar-refractivity contribution >= 4 is 23.5 Å². The van der Waals surface area contributed by atoms with Crippen LogP contribution in [0.5, 0.6) is 0 Å². The van der Waals surface area contributed by atoms with Crippen LogP contribution >= 0.6 is 11.6 Å². The van der Waals surface area contributed by atoms with Crippen molar-refractivity contribution in [2.24, 2.45) is 0 Å². The molecule has 1 saturated heterocycles. The third-order valence-corrected chi connectivity index (χ3v) is 1.63. The molecule has 0 radical (unpaired) electrons. The van der Waals surface area contributed by atoms with Gasteiger partial charge in [-0.2, -0.15) is 0 Å². The molecular weight excluding hydrogens is 190 g/mol. The highest BCUT2D eigenvalue weighted by atomic mass is 35.5. The third-order valence-electron chi connectivity index (χ3n) is 1.28. The molecular formula is C4H4ClN3O4. The van der Waals surface area contributed by atoms with E-state index in [9.17, 15) is 19.7 Å². The number of amides is 3. The fourth-order valence-electron chi connectivity index (χ4n) is 0.762. The number of halogens is 1. The second-order valence-corrected chi connectivity index (χ2v) is 2.56. The molecule has 12 heavy (non-hydrogen) atoms. The molecule has 7 nitrogen and oxygen atoms in total. The molecule has 0 aromatic rings. The molecule has 2 N–H and O–H groups in total. The van der Waals surface area contributed by atoms with Crippen LogP contribution in [0.15, 0.2) is 0 Å². The van der Waals surface area contributed by atoms with E-state index in [2.05, 4.69) is 0 Å². The van der Waals surface area contributed by atoms with Gasteiger partial charge in [-0.15, -0.1) is 0 Å². The number of urea groups is 1. The van der Waals surface area contributed by atoms with Gasteiger partial charge in [-0.25, -0.2) is 4.79 Å². The topological polar surface area (TPSA) is 101 Å². The zero-order valence-electron chi connectivity index (χ0n) is 5.61. The highest BCUT2D eigenvalue weighted by molar-refractivity contribution is 6.24. The molecule has 0 aromatic heterocycles. The molecule has 1 fully saturated rings. The lowest BCUT2D eigenvalue weighted by Crippen LogP contribution is -2.61. The van der Waals surface area contributed by atoms with Crippen molar-refractivity contribution in [3.8, 4) is 0 Å². The van der Waals surface area contributed by atoms with E-state index in [-0.39, 0.29) is 0 Å².